The van der Waals surface area contributed by atoms with E-state index >= 15 is 0 Å². The van der Waals surface area contributed by atoms with Crippen LogP contribution in [-0.4, -0.2) is 22.8 Å². The highest BCUT2D eigenvalue weighted by Gasteiger charge is 2.45. The molecule has 28 heavy (non-hydrogen) atoms. The van der Waals surface area contributed by atoms with Crippen molar-refractivity contribution >= 4 is 11.7 Å². The van der Waals surface area contributed by atoms with Crippen LogP contribution in [0.15, 0.2) is 54.6 Å². The SMILES string of the molecule is COc1ccccc1[C@@H]1C[C@H]1C(=O)Nc1c2c(nn1-c1ccccc1)CCC2. The number of carbonyl (C=O) groups excluding carboxylic acids is 1. The molecule has 0 spiro atoms. The van der Waals surface area contributed by atoms with Gasteiger partial charge in [-0.25, -0.2) is 4.68 Å². The number of aryl methyl sites for hydroxylation is 1. The molecule has 2 aliphatic rings. The van der Waals surface area contributed by atoms with Crippen molar-refractivity contribution in [3.8, 4) is 11.4 Å². The smallest absolute Gasteiger partial charge is 0.229 e. The third-order valence-electron chi connectivity index (χ3n) is 5.82. The maximum absolute atomic E-state index is 13.0. The second-order valence-corrected chi connectivity index (χ2v) is 7.55. The Balaban J connectivity index is 1.41. The summed E-state index contributed by atoms with van der Waals surface area (Å²) >= 11 is 0. The number of amides is 1. The number of rotatable bonds is 5. The summed E-state index contributed by atoms with van der Waals surface area (Å²) in [4.78, 5) is 13.0. The first kappa shape index (κ1) is 17.0. The molecule has 2 atom stereocenters. The van der Waals surface area contributed by atoms with Gasteiger partial charge < -0.3 is 10.1 Å². The average molecular weight is 373 g/mol. The standard InChI is InChI=1S/C23H23N3O2/c1-28-21-13-6-5-10-16(21)18-14-19(18)23(27)24-22-17-11-7-12-20(17)25-26(22)15-8-3-2-4-9-15/h2-6,8-10,13,18-19H,7,11-12,14H2,1H3,(H,24,27)/t18-,19+/m0/s1. The molecule has 3 aromatic rings. The number of fused-ring (bicyclic) bond motifs is 1. The van der Waals surface area contributed by atoms with Crippen molar-refractivity contribution in [2.45, 2.75) is 31.6 Å². The van der Waals surface area contributed by atoms with E-state index < -0.39 is 0 Å². The zero-order valence-corrected chi connectivity index (χ0v) is 15.9. The quantitative estimate of drug-likeness (QED) is 0.732. The molecule has 1 aromatic heterocycles. The van der Waals surface area contributed by atoms with Gasteiger partial charge in [0.25, 0.3) is 0 Å². The Hall–Kier alpha value is -3.08. The van der Waals surface area contributed by atoms with Crippen molar-refractivity contribution in [2.24, 2.45) is 5.92 Å². The molecule has 1 heterocycles. The molecule has 0 saturated heterocycles. The van der Waals surface area contributed by atoms with Gasteiger partial charge in [-0.3, -0.25) is 4.79 Å². The summed E-state index contributed by atoms with van der Waals surface area (Å²) in [5.74, 6) is 1.97. The van der Waals surface area contributed by atoms with E-state index in [0.717, 1.165) is 54.2 Å². The summed E-state index contributed by atoms with van der Waals surface area (Å²) in [6.45, 7) is 0. The van der Waals surface area contributed by atoms with Crippen molar-refractivity contribution in [1.82, 2.24) is 9.78 Å². The fourth-order valence-corrected chi connectivity index (χ4v) is 4.29. The van der Waals surface area contributed by atoms with Gasteiger partial charge in [-0.15, -0.1) is 0 Å². The molecule has 1 saturated carbocycles. The number of benzene rings is 2. The molecule has 5 nitrogen and oxygen atoms in total. The van der Waals surface area contributed by atoms with Crippen LogP contribution in [-0.2, 0) is 17.6 Å². The van der Waals surface area contributed by atoms with Gasteiger partial charge in [0.1, 0.15) is 11.6 Å². The highest BCUT2D eigenvalue weighted by atomic mass is 16.5. The number of carbonyl (C=O) groups is 1. The first-order valence-corrected chi connectivity index (χ1v) is 9.86. The van der Waals surface area contributed by atoms with E-state index in [2.05, 4.69) is 11.4 Å². The second kappa shape index (κ2) is 6.82. The maximum atomic E-state index is 13.0. The van der Waals surface area contributed by atoms with E-state index in [9.17, 15) is 4.79 Å². The Morgan fingerprint density at radius 1 is 1.11 bits per heavy atom. The Kier molecular flexibility index (Phi) is 4.15. The number of methoxy groups -OCH3 is 1. The molecule has 0 unspecified atom stereocenters. The summed E-state index contributed by atoms with van der Waals surface area (Å²) in [6.07, 6.45) is 3.90. The highest BCUT2D eigenvalue weighted by Crippen LogP contribution is 2.51. The van der Waals surface area contributed by atoms with E-state index in [-0.39, 0.29) is 17.7 Å². The first-order valence-electron chi connectivity index (χ1n) is 9.86. The summed E-state index contributed by atoms with van der Waals surface area (Å²) < 4.78 is 7.36. The second-order valence-electron chi connectivity index (χ2n) is 7.55. The van der Waals surface area contributed by atoms with Gasteiger partial charge >= 0.3 is 0 Å². The van der Waals surface area contributed by atoms with Gasteiger partial charge in [0.05, 0.1) is 18.5 Å². The lowest BCUT2D eigenvalue weighted by molar-refractivity contribution is -0.117. The summed E-state index contributed by atoms with van der Waals surface area (Å²) in [5, 5.41) is 7.99. The molecular weight excluding hydrogens is 350 g/mol. The fourth-order valence-electron chi connectivity index (χ4n) is 4.29. The lowest BCUT2D eigenvalue weighted by atomic mass is 10.1. The molecule has 1 amide bonds. The lowest BCUT2D eigenvalue weighted by Gasteiger charge is -2.12. The van der Waals surface area contributed by atoms with E-state index in [4.69, 9.17) is 9.84 Å². The first-order chi connectivity index (χ1) is 13.8. The molecule has 5 heteroatoms. The van der Waals surface area contributed by atoms with E-state index in [0.29, 0.717) is 0 Å². The van der Waals surface area contributed by atoms with Crippen LogP contribution in [0.5, 0.6) is 5.75 Å². The number of anilines is 1. The monoisotopic (exact) mass is 373 g/mol. The fraction of sp³-hybridized carbons (Fsp3) is 0.304. The zero-order chi connectivity index (χ0) is 19.1. The van der Waals surface area contributed by atoms with Gasteiger partial charge in [0.2, 0.25) is 5.91 Å². The van der Waals surface area contributed by atoms with Crippen LogP contribution in [0, 0.1) is 5.92 Å². The predicted octanol–water partition coefficient (Wildman–Crippen LogP) is 4.11. The number of hydrogen-bond acceptors (Lipinski definition) is 3. The Labute approximate surface area is 164 Å². The third kappa shape index (κ3) is 2.87. The molecule has 1 N–H and O–H groups in total. The number of ether oxygens (including phenoxy) is 1. The Bertz CT molecular complexity index is 1030. The Morgan fingerprint density at radius 3 is 2.71 bits per heavy atom. The van der Waals surface area contributed by atoms with Gasteiger partial charge in [-0.05, 0) is 55.4 Å². The van der Waals surface area contributed by atoms with Gasteiger partial charge in [-0.1, -0.05) is 36.4 Å². The van der Waals surface area contributed by atoms with E-state index in [1.54, 1.807) is 7.11 Å². The molecule has 1 fully saturated rings. The minimum atomic E-state index is -0.0209. The molecule has 0 radical (unpaired) electrons. The minimum absolute atomic E-state index is 0.0209. The number of hydrogen-bond donors (Lipinski definition) is 1. The number of para-hydroxylation sites is 2. The molecular formula is C23H23N3O2. The number of nitrogens with zero attached hydrogens (tertiary/aromatic N) is 2. The molecule has 5 rings (SSSR count). The van der Waals surface area contributed by atoms with Crippen LogP contribution in [0.2, 0.25) is 0 Å². The average Bonchev–Trinajstić information content (AvgIpc) is 3.29. The van der Waals surface area contributed by atoms with Gasteiger partial charge in [0, 0.05) is 11.5 Å². The maximum Gasteiger partial charge on any atom is 0.229 e. The normalized spacial score (nSPS) is 19.9. The van der Waals surface area contributed by atoms with E-state index in [1.807, 2.05) is 53.2 Å². The summed E-state index contributed by atoms with van der Waals surface area (Å²) in [5.41, 5.74) is 4.39. The van der Waals surface area contributed by atoms with Crippen LogP contribution in [0.1, 0.15) is 35.6 Å². The topological polar surface area (TPSA) is 56.1 Å². The van der Waals surface area contributed by atoms with Gasteiger partial charge in [0.15, 0.2) is 0 Å². The third-order valence-corrected chi connectivity index (χ3v) is 5.82. The number of nitrogens with one attached hydrogen (secondary N) is 1. The molecule has 142 valence electrons. The van der Waals surface area contributed by atoms with Crippen molar-refractivity contribution in [3.63, 3.8) is 0 Å². The zero-order valence-electron chi connectivity index (χ0n) is 15.9. The van der Waals surface area contributed by atoms with Crippen molar-refractivity contribution in [3.05, 3.63) is 71.4 Å². The highest BCUT2D eigenvalue weighted by molar-refractivity contribution is 5.95. The summed E-state index contributed by atoms with van der Waals surface area (Å²) in [7, 11) is 1.68. The van der Waals surface area contributed by atoms with Crippen molar-refractivity contribution in [1.29, 1.82) is 0 Å². The van der Waals surface area contributed by atoms with Crippen LogP contribution in [0.3, 0.4) is 0 Å². The molecule has 2 aliphatic carbocycles. The van der Waals surface area contributed by atoms with E-state index in [1.165, 1.54) is 5.56 Å². The largest absolute Gasteiger partial charge is 0.496 e. The van der Waals surface area contributed by atoms with Crippen LogP contribution in [0.25, 0.3) is 5.69 Å². The number of aromatic nitrogens is 2. The van der Waals surface area contributed by atoms with Crippen LogP contribution in [0.4, 0.5) is 5.82 Å². The molecule has 2 aromatic carbocycles. The van der Waals surface area contributed by atoms with Gasteiger partial charge in [-0.2, -0.15) is 5.10 Å². The van der Waals surface area contributed by atoms with Crippen molar-refractivity contribution in [2.75, 3.05) is 12.4 Å². The molecule has 0 bridgehead atoms. The van der Waals surface area contributed by atoms with Crippen LogP contribution < -0.4 is 10.1 Å². The minimum Gasteiger partial charge on any atom is -0.496 e. The lowest BCUT2D eigenvalue weighted by Crippen LogP contribution is -2.18. The predicted molar refractivity (Wildman–Crippen MR) is 108 cm³/mol. The van der Waals surface area contributed by atoms with Crippen molar-refractivity contribution < 1.29 is 9.53 Å². The Morgan fingerprint density at radius 2 is 1.89 bits per heavy atom. The van der Waals surface area contributed by atoms with Crippen LogP contribution >= 0.6 is 0 Å². The summed E-state index contributed by atoms with van der Waals surface area (Å²) in [6, 6.07) is 18.0. The molecule has 0 aliphatic heterocycles.